The molecule has 0 spiro atoms. The van der Waals surface area contributed by atoms with Crippen molar-refractivity contribution in [3.8, 4) is 0 Å². The third-order valence-corrected chi connectivity index (χ3v) is 2.30. The van der Waals surface area contributed by atoms with Crippen molar-refractivity contribution in [1.82, 2.24) is 15.4 Å². The Hall–Kier alpha value is -1.36. The van der Waals surface area contributed by atoms with Crippen molar-refractivity contribution in [2.24, 2.45) is 0 Å². The number of hydrogen-bond donors (Lipinski definition) is 1. The van der Waals surface area contributed by atoms with Crippen LogP contribution in [-0.4, -0.2) is 36.6 Å². The van der Waals surface area contributed by atoms with Gasteiger partial charge in [0.25, 0.3) is 0 Å². The van der Waals surface area contributed by atoms with E-state index in [1.165, 1.54) is 0 Å². The second-order valence-electron chi connectivity index (χ2n) is 3.65. The molecule has 0 saturated carbocycles. The Morgan fingerprint density at radius 3 is 2.67 bits per heavy atom. The molecule has 1 aromatic heterocycles. The number of aryl methyl sites for hydroxylation is 2. The van der Waals surface area contributed by atoms with Gasteiger partial charge in [-0.05, 0) is 20.9 Å². The molecule has 1 rings (SSSR count). The number of carbonyl (C=O) groups is 1. The van der Waals surface area contributed by atoms with E-state index < -0.39 is 0 Å². The number of nitrogens with one attached hydrogen (secondary N) is 1. The maximum Gasteiger partial charge on any atom is 0.233 e. The summed E-state index contributed by atoms with van der Waals surface area (Å²) in [7, 11) is 3.52. The number of rotatable bonds is 4. The van der Waals surface area contributed by atoms with E-state index >= 15 is 0 Å². The van der Waals surface area contributed by atoms with Crippen LogP contribution >= 0.6 is 0 Å². The molecule has 1 heterocycles. The smallest absolute Gasteiger partial charge is 0.233 e. The van der Waals surface area contributed by atoms with Crippen LogP contribution in [0, 0.1) is 13.8 Å². The minimum Gasteiger partial charge on any atom is -0.361 e. The van der Waals surface area contributed by atoms with Gasteiger partial charge < -0.3 is 9.84 Å². The van der Waals surface area contributed by atoms with Crippen molar-refractivity contribution in [2.45, 2.75) is 20.4 Å². The van der Waals surface area contributed by atoms with Crippen molar-refractivity contribution in [3.63, 3.8) is 0 Å². The van der Waals surface area contributed by atoms with Gasteiger partial charge in [-0.1, -0.05) is 5.16 Å². The van der Waals surface area contributed by atoms with Crippen molar-refractivity contribution >= 4 is 5.91 Å². The van der Waals surface area contributed by atoms with Crippen LogP contribution in [0.15, 0.2) is 4.52 Å². The van der Waals surface area contributed by atoms with Gasteiger partial charge in [0, 0.05) is 19.2 Å². The molecule has 0 atom stereocenters. The zero-order chi connectivity index (χ0) is 11.4. The summed E-state index contributed by atoms with van der Waals surface area (Å²) in [5.74, 6) is 0.820. The van der Waals surface area contributed by atoms with Crippen LogP contribution in [0.5, 0.6) is 0 Å². The summed E-state index contributed by atoms with van der Waals surface area (Å²) in [5, 5.41) is 6.45. The van der Waals surface area contributed by atoms with Crippen molar-refractivity contribution in [3.05, 3.63) is 17.0 Å². The minimum atomic E-state index is 0.00394. The lowest BCUT2D eigenvalue weighted by molar-refractivity contribution is -0.121. The highest BCUT2D eigenvalue weighted by molar-refractivity contribution is 5.77. The van der Waals surface area contributed by atoms with E-state index in [1.54, 1.807) is 7.05 Å². The molecule has 0 radical (unpaired) electrons. The molecule has 0 aromatic carbocycles. The molecular weight excluding hydrogens is 194 g/mol. The van der Waals surface area contributed by atoms with Gasteiger partial charge in [0.05, 0.1) is 12.2 Å². The van der Waals surface area contributed by atoms with Gasteiger partial charge in [-0.3, -0.25) is 9.69 Å². The van der Waals surface area contributed by atoms with Crippen molar-refractivity contribution < 1.29 is 9.32 Å². The van der Waals surface area contributed by atoms with E-state index in [4.69, 9.17) is 4.52 Å². The Morgan fingerprint density at radius 2 is 2.20 bits per heavy atom. The van der Waals surface area contributed by atoms with Crippen LogP contribution in [0.4, 0.5) is 0 Å². The van der Waals surface area contributed by atoms with Gasteiger partial charge in [0.1, 0.15) is 5.76 Å². The number of aromatic nitrogens is 1. The van der Waals surface area contributed by atoms with Gasteiger partial charge in [-0.2, -0.15) is 0 Å². The van der Waals surface area contributed by atoms with Gasteiger partial charge in [-0.25, -0.2) is 0 Å². The first-order valence-electron chi connectivity index (χ1n) is 4.85. The molecule has 84 valence electrons. The fourth-order valence-corrected chi connectivity index (χ4v) is 1.38. The molecular formula is C10H17N3O2. The van der Waals surface area contributed by atoms with E-state index in [2.05, 4.69) is 10.5 Å². The molecule has 1 N–H and O–H groups in total. The van der Waals surface area contributed by atoms with Crippen LogP contribution < -0.4 is 5.32 Å². The zero-order valence-electron chi connectivity index (χ0n) is 9.63. The minimum absolute atomic E-state index is 0.00394. The quantitative estimate of drug-likeness (QED) is 0.786. The Morgan fingerprint density at radius 1 is 1.53 bits per heavy atom. The van der Waals surface area contributed by atoms with Crippen LogP contribution in [0.1, 0.15) is 17.0 Å². The predicted molar refractivity (Wildman–Crippen MR) is 56.4 cm³/mol. The van der Waals surface area contributed by atoms with Crippen LogP contribution in [0.3, 0.4) is 0 Å². The number of hydrogen-bond acceptors (Lipinski definition) is 4. The van der Waals surface area contributed by atoms with Gasteiger partial charge in [-0.15, -0.1) is 0 Å². The maximum absolute atomic E-state index is 11.1. The van der Waals surface area contributed by atoms with Crippen LogP contribution in [0.2, 0.25) is 0 Å². The summed E-state index contributed by atoms with van der Waals surface area (Å²) in [6.07, 6.45) is 0. The molecule has 0 fully saturated rings. The number of amides is 1. The van der Waals surface area contributed by atoms with Gasteiger partial charge in [0.15, 0.2) is 0 Å². The lowest BCUT2D eigenvalue weighted by Crippen LogP contribution is -2.32. The normalized spacial score (nSPS) is 10.7. The highest BCUT2D eigenvalue weighted by Crippen LogP contribution is 2.13. The monoisotopic (exact) mass is 211 g/mol. The molecule has 0 bridgehead atoms. The average molecular weight is 211 g/mol. The molecule has 0 aliphatic heterocycles. The average Bonchev–Trinajstić information content (AvgIpc) is 2.49. The second-order valence-corrected chi connectivity index (χ2v) is 3.65. The molecule has 5 heteroatoms. The molecule has 0 aliphatic rings. The lowest BCUT2D eigenvalue weighted by atomic mass is 10.2. The van der Waals surface area contributed by atoms with Crippen LogP contribution in [0.25, 0.3) is 0 Å². The number of nitrogens with zero attached hydrogens (tertiary/aromatic N) is 2. The molecule has 1 aromatic rings. The number of carbonyl (C=O) groups excluding carboxylic acids is 1. The summed E-state index contributed by atoms with van der Waals surface area (Å²) >= 11 is 0. The van der Waals surface area contributed by atoms with E-state index in [9.17, 15) is 4.79 Å². The summed E-state index contributed by atoms with van der Waals surface area (Å²) in [6, 6.07) is 0. The summed E-state index contributed by atoms with van der Waals surface area (Å²) in [6.45, 7) is 4.83. The Labute approximate surface area is 89.4 Å². The Bertz CT molecular complexity index is 327. The highest BCUT2D eigenvalue weighted by Gasteiger charge is 2.12. The van der Waals surface area contributed by atoms with Crippen LogP contribution in [-0.2, 0) is 11.3 Å². The summed E-state index contributed by atoms with van der Waals surface area (Å²) in [4.78, 5) is 13.1. The first kappa shape index (κ1) is 11.7. The molecule has 0 saturated heterocycles. The predicted octanol–water partition coefficient (Wildman–Crippen LogP) is 0.469. The molecule has 0 unspecified atom stereocenters. The standard InChI is InChI=1S/C10H17N3O2/c1-7-9(8(2)15-12-7)5-13(4)6-10(14)11-3/h5-6H2,1-4H3,(H,11,14). The van der Waals surface area contributed by atoms with Crippen molar-refractivity contribution in [1.29, 1.82) is 0 Å². The highest BCUT2D eigenvalue weighted by atomic mass is 16.5. The van der Waals surface area contributed by atoms with E-state index in [0.29, 0.717) is 13.1 Å². The fraction of sp³-hybridized carbons (Fsp3) is 0.600. The first-order chi connectivity index (χ1) is 7.04. The van der Waals surface area contributed by atoms with E-state index in [0.717, 1.165) is 17.0 Å². The van der Waals surface area contributed by atoms with E-state index in [-0.39, 0.29) is 5.91 Å². The lowest BCUT2D eigenvalue weighted by Gasteiger charge is -2.14. The molecule has 5 nitrogen and oxygen atoms in total. The molecule has 15 heavy (non-hydrogen) atoms. The first-order valence-corrected chi connectivity index (χ1v) is 4.85. The number of likely N-dealkylation sites (N-methyl/N-ethyl adjacent to an activating group) is 2. The summed E-state index contributed by atoms with van der Waals surface area (Å²) in [5.41, 5.74) is 1.94. The molecule has 0 aliphatic carbocycles. The third kappa shape index (κ3) is 3.06. The summed E-state index contributed by atoms with van der Waals surface area (Å²) < 4.78 is 5.05. The Balaban J connectivity index is 2.58. The zero-order valence-corrected chi connectivity index (χ0v) is 9.63. The SMILES string of the molecule is CNC(=O)CN(C)Cc1c(C)noc1C. The van der Waals surface area contributed by atoms with E-state index in [1.807, 2.05) is 25.8 Å². The molecule has 1 amide bonds. The second kappa shape index (κ2) is 4.93. The Kier molecular flexibility index (Phi) is 3.85. The van der Waals surface area contributed by atoms with Gasteiger partial charge >= 0.3 is 0 Å². The largest absolute Gasteiger partial charge is 0.361 e. The third-order valence-electron chi connectivity index (χ3n) is 2.30. The topological polar surface area (TPSA) is 58.4 Å². The maximum atomic E-state index is 11.1. The van der Waals surface area contributed by atoms with Crippen molar-refractivity contribution in [2.75, 3.05) is 20.6 Å². The fourth-order valence-electron chi connectivity index (χ4n) is 1.38. The van der Waals surface area contributed by atoms with Gasteiger partial charge in [0.2, 0.25) is 5.91 Å².